The number of hydrogen-bond donors (Lipinski definition) is 2. The molecule has 6 heteroatoms. The van der Waals surface area contributed by atoms with Gasteiger partial charge in [0.2, 0.25) is 5.91 Å². The monoisotopic (exact) mass is 292 g/mol. The number of rotatable bonds is 4. The van der Waals surface area contributed by atoms with E-state index in [4.69, 9.17) is 5.11 Å². The van der Waals surface area contributed by atoms with Crippen LogP contribution in [0.3, 0.4) is 0 Å². The van der Waals surface area contributed by atoms with Crippen LogP contribution in [0.4, 0.5) is 4.39 Å². The molecule has 5 nitrogen and oxygen atoms in total. The first-order valence-electron chi connectivity index (χ1n) is 6.42. The summed E-state index contributed by atoms with van der Waals surface area (Å²) in [6, 6.07) is 3.64. The topological polar surface area (TPSA) is 69.6 Å². The Hall–Kier alpha value is -2.39. The summed E-state index contributed by atoms with van der Waals surface area (Å²) in [5.41, 5.74) is 0.382. The number of aliphatic hydroxyl groups excluding tert-OH is 1. The van der Waals surface area contributed by atoms with Crippen molar-refractivity contribution in [2.45, 2.75) is 6.92 Å². The second kappa shape index (κ2) is 8.02. The van der Waals surface area contributed by atoms with E-state index < -0.39 is 11.7 Å². The third-order valence-electron chi connectivity index (χ3n) is 2.80. The van der Waals surface area contributed by atoms with Crippen LogP contribution in [0.5, 0.6) is 0 Å². The van der Waals surface area contributed by atoms with Crippen LogP contribution in [0.15, 0.2) is 18.2 Å². The molecule has 0 saturated carbocycles. The van der Waals surface area contributed by atoms with Crippen LogP contribution in [-0.2, 0) is 4.79 Å². The number of aliphatic hydroxyl groups is 1. The molecule has 0 saturated heterocycles. The van der Waals surface area contributed by atoms with Crippen molar-refractivity contribution in [1.29, 1.82) is 0 Å². The fourth-order valence-electron chi connectivity index (χ4n) is 1.69. The normalized spacial score (nSPS) is 9.52. The lowest BCUT2D eigenvalue weighted by atomic mass is 10.1. The zero-order valence-electron chi connectivity index (χ0n) is 11.9. The molecule has 112 valence electrons. The molecule has 2 amide bonds. The zero-order valence-corrected chi connectivity index (χ0v) is 11.9. The first-order chi connectivity index (χ1) is 10.0. The van der Waals surface area contributed by atoms with E-state index in [1.165, 1.54) is 24.1 Å². The van der Waals surface area contributed by atoms with Gasteiger partial charge in [0, 0.05) is 19.2 Å². The molecule has 1 rings (SSSR count). The molecule has 0 fully saturated rings. The summed E-state index contributed by atoms with van der Waals surface area (Å²) in [7, 11) is 1.47. The lowest BCUT2D eigenvalue weighted by molar-refractivity contribution is -0.121. The van der Waals surface area contributed by atoms with Crippen molar-refractivity contribution in [2.24, 2.45) is 0 Å². The highest BCUT2D eigenvalue weighted by Gasteiger charge is 2.19. The summed E-state index contributed by atoms with van der Waals surface area (Å²) < 4.78 is 13.4. The van der Waals surface area contributed by atoms with Gasteiger partial charge in [-0.1, -0.05) is 11.8 Å². The minimum Gasteiger partial charge on any atom is -0.384 e. The summed E-state index contributed by atoms with van der Waals surface area (Å²) >= 11 is 0. The Morgan fingerprint density at radius 2 is 2.14 bits per heavy atom. The van der Waals surface area contributed by atoms with Gasteiger partial charge in [-0.25, -0.2) is 4.39 Å². The SMILES string of the molecule is CCN(CC(=O)NC)C(=O)c1cc(F)ccc1C#CCO. The number of hydrogen-bond acceptors (Lipinski definition) is 3. The highest BCUT2D eigenvalue weighted by Crippen LogP contribution is 2.13. The molecule has 0 aliphatic rings. The van der Waals surface area contributed by atoms with Crippen molar-refractivity contribution in [3.63, 3.8) is 0 Å². The summed E-state index contributed by atoms with van der Waals surface area (Å²) in [5, 5.41) is 11.2. The van der Waals surface area contributed by atoms with Crippen LogP contribution in [0.1, 0.15) is 22.8 Å². The molecule has 0 heterocycles. The molecule has 1 aromatic carbocycles. The average Bonchev–Trinajstić information content (AvgIpc) is 2.50. The van der Waals surface area contributed by atoms with Gasteiger partial charge in [0.15, 0.2) is 0 Å². The number of carbonyl (C=O) groups is 2. The van der Waals surface area contributed by atoms with Crippen LogP contribution >= 0.6 is 0 Å². The van der Waals surface area contributed by atoms with Crippen molar-refractivity contribution < 1.29 is 19.1 Å². The van der Waals surface area contributed by atoms with Crippen LogP contribution in [0.25, 0.3) is 0 Å². The van der Waals surface area contributed by atoms with Gasteiger partial charge in [0.05, 0.1) is 12.1 Å². The average molecular weight is 292 g/mol. The van der Waals surface area contributed by atoms with Crippen LogP contribution in [0, 0.1) is 17.7 Å². The van der Waals surface area contributed by atoms with Crippen LogP contribution in [-0.4, -0.2) is 48.6 Å². The fourth-order valence-corrected chi connectivity index (χ4v) is 1.69. The van der Waals surface area contributed by atoms with Gasteiger partial charge in [-0.05, 0) is 25.1 Å². The first-order valence-corrected chi connectivity index (χ1v) is 6.42. The number of benzene rings is 1. The molecular weight excluding hydrogens is 275 g/mol. The maximum atomic E-state index is 13.4. The largest absolute Gasteiger partial charge is 0.384 e. The fraction of sp³-hybridized carbons (Fsp3) is 0.333. The van der Waals surface area contributed by atoms with Gasteiger partial charge in [0.25, 0.3) is 5.91 Å². The second-order valence-electron chi connectivity index (χ2n) is 4.14. The Morgan fingerprint density at radius 1 is 1.43 bits per heavy atom. The summed E-state index contributed by atoms with van der Waals surface area (Å²) in [6.45, 7) is 1.55. The predicted molar refractivity (Wildman–Crippen MR) is 76.0 cm³/mol. The van der Waals surface area contributed by atoms with Crippen molar-refractivity contribution in [2.75, 3.05) is 26.7 Å². The minimum absolute atomic E-state index is 0.0710. The number of nitrogens with one attached hydrogen (secondary N) is 1. The van der Waals surface area contributed by atoms with E-state index in [0.717, 1.165) is 6.07 Å². The Labute approximate surface area is 122 Å². The molecule has 0 spiro atoms. The summed E-state index contributed by atoms with van der Waals surface area (Å²) in [6.07, 6.45) is 0. The number of nitrogens with zero attached hydrogens (tertiary/aromatic N) is 1. The quantitative estimate of drug-likeness (QED) is 0.788. The highest BCUT2D eigenvalue weighted by molar-refractivity contribution is 5.98. The van der Waals surface area contributed by atoms with Gasteiger partial charge in [-0.2, -0.15) is 0 Å². The van der Waals surface area contributed by atoms with Gasteiger partial charge in [-0.3, -0.25) is 9.59 Å². The van der Waals surface area contributed by atoms with E-state index in [-0.39, 0.29) is 24.6 Å². The molecule has 0 aliphatic carbocycles. The van der Waals surface area contributed by atoms with Gasteiger partial charge in [0.1, 0.15) is 12.4 Å². The third-order valence-corrected chi connectivity index (χ3v) is 2.80. The standard InChI is InChI=1S/C15H17FN2O3/c1-3-18(10-14(20)17-2)15(21)13-9-12(16)7-6-11(13)5-4-8-19/h6-7,9,19H,3,8,10H2,1-2H3,(H,17,20). The molecule has 2 N–H and O–H groups in total. The highest BCUT2D eigenvalue weighted by atomic mass is 19.1. The molecule has 1 aromatic rings. The third kappa shape index (κ3) is 4.58. The second-order valence-corrected chi connectivity index (χ2v) is 4.14. The molecule has 21 heavy (non-hydrogen) atoms. The maximum absolute atomic E-state index is 13.4. The van der Waals surface area contributed by atoms with E-state index in [2.05, 4.69) is 17.2 Å². The van der Waals surface area contributed by atoms with Crippen molar-refractivity contribution in [3.05, 3.63) is 35.1 Å². The maximum Gasteiger partial charge on any atom is 0.255 e. The van der Waals surface area contributed by atoms with E-state index in [0.29, 0.717) is 12.1 Å². The van der Waals surface area contributed by atoms with E-state index >= 15 is 0 Å². The Kier molecular flexibility index (Phi) is 6.37. The molecule has 0 atom stereocenters. The smallest absolute Gasteiger partial charge is 0.255 e. The van der Waals surface area contributed by atoms with Crippen molar-refractivity contribution in [3.8, 4) is 11.8 Å². The number of carbonyl (C=O) groups excluding carboxylic acids is 2. The minimum atomic E-state index is -0.566. The van der Waals surface area contributed by atoms with Gasteiger partial charge in [-0.15, -0.1) is 0 Å². The van der Waals surface area contributed by atoms with Crippen molar-refractivity contribution >= 4 is 11.8 Å². The summed E-state index contributed by atoms with van der Waals surface area (Å²) in [4.78, 5) is 25.1. The molecular formula is C15H17FN2O3. The zero-order chi connectivity index (χ0) is 15.8. The van der Waals surface area contributed by atoms with Crippen LogP contribution in [0.2, 0.25) is 0 Å². The van der Waals surface area contributed by atoms with Crippen molar-refractivity contribution in [1.82, 2.24) is 10.2 Å². The number of likely N-dealkylation sites (N-methyl/N-ethyl adjacent to an activating group) is 2. The predicted octanol–water partition coefficient (Wildman–Crippen LogP) is 0.378. The number of halogens is 1. The summed E-state index contributed by atoms with van der Waals surface area (Å²) in [5.74, 6) is 3.66. The molecule has 0 aromatic heterocycles. The van der Waals surface area contributed by atoms with Gasteiger partial charge < -0.3 is 15.3 Å². The number of amides is 2. The van der Waals surface area contributed by atoms with E-state index in [1.807, 2.05) is 0 Å². The lowest BCUT2D eigenvalue weighted by Gasteiger charge is -2.20. The molecule has 0 bridgehead atoms. The molecule has 0 unspecified atom stereocenters. The van der Waals surface area contributed by atoms with E-state index in [1.54, 1.807) is 6.92 Å². The molecule has 0 radical (unpaired) electrons. The van der Waals surface area contributed by atoms with Crippen LogP contribution < -0.4 is 5.32 Å². The Bertz CT molecular complexity index is 590. The van der Waals surface area contributed by atoms with E-state index in [9.17, 15) is 14.0 Å². The lowest BCUT2D eigenvalue weighted by Crippen LogP contribution is -2.39. The molecule has 0 aliphatic heterocycles. The Balaban J connectivity index is 3.14. The first kappa shape index (κ1) is 16.7. The Morgan fingerprint density at radius 3 is 2.71 bits per heavy atom. The van der Waals surface area contributed by atoms with Gasteiger partial charge >= 0.3 is 0 Å².